The number of benzene rings is 2. The molecule has 2 heterocycles. The van der Waals surface area contributed by atoms with E-state index in [0.29, 0.717) is 16.8 Å². The van der Waals surface area contributed by atoms with E-state index in [1.165, 1.54) is 12.0 Å². The molecule has 4 aromatic rings. The van der Waals surface area contributed by atoms with Crippen molar-refractivity contribution in [3.63, 3.8) is 0 Å². The summed E-state index contributed by atoms with van der Waals surface area (Å²) in [5, 5.41) is 15.8. The minimum atomic E-state index is -0.988. The number of aromatic amines is 1. The summed E-state index contributed by atoms with van der Waals surface area (Å²) < 4.78 is 14.4. The zero-order valence-electron chi connectivity index (χ0n) is 18.8. The molecule has 0 bridgehead atoms. The number of carbonyl (C=O) groups is 1. The van der Waals surface area contributed by atoms with Crippen molar-refractivity contribution in [2.24, 2.45) is 5.92 Å². The third kappa shape index (κ3) is 4.15. The number of halogens is 1. The molecular weight excluding hydrogens is 429 g/mol. The van der Waals surface area contributed by atoms with Crippen molar-refractivity contribution in [1.29, 1.82) is 0 Å². The van der Waals surface area contributed by atoms with Crippen molar-refractivity contribution >= 4 is 34.1 Å². The average molecular weight is 454 g/mol. The number of carboxylic acid groups (broad SMARTS) is 1. The third-order valence-corrected chi connectivity index (χ3v) is 6.47. The molecule has 2 aromatic carbocycles. The van der Waals surface area contributed by atoms with Crippen LogP contribution in [0.5, 0.6) is 0 Å². The van der Waals surface area contributed by atoms with Gasteiger partial charge in [-0.3, -0.25) is 10.1 Å². The Morgan fingerprint density at radius 2 is 1.88 bits per heavy atom. The Kier molecular flexibility index (Phi) is 5.80. The van der Waals surface area contributed by atoms with Gasteiger partial charge in [0.05, 0.1) is 16.6 Å². The van der Waals surface area contributed by atoms with Crippen LogP contribution < -0.4 is 0 Å². The highest BCUT2D eigenvalue weighted by Crippen LogP contribution is 2.45. The number of fused-ring (bicyclic) bond motifs is 1. The molecule has 0 atom stereocenters. The van der Waals surface area contributed by atoms with Crippen LogP contribution in [-0.2, 0) is 4.79 Å². The van der Waals surface area contributed by atoms with Crippen molar-refractivity contribution < 1.29 is 14.3 Å². The van der Waals surface area contributed by atoms with Crippen molar-refractivity contribution in [2.45, 2.75) is 26.2 Å². The van der Waals surface area contributed by atoms with Crippen molar-refractivity contribution in [3.05, 3.63) is 101 Å². The zero-order chi connectivity index (χ0) is 23.7. The smallest absolute Gasteiger partial charge is 0.328 e. The quantitative estimate of drug-likeness (QED) is 0.338. The topological polar surface area (TPSA) is 78.9 Å². The van der Waals surface area contributed by atoms with Gasteiger partial charge in [-0.25, -0.2) is 4.79 Å². The van der Waals surface area contributed by atoms with Gasteiger partial charge in [0.25, 0.3) is 0 Å². The molecule has 34 heavy (non-hydrogen) atoms. The Balaban J connectivity index is 1.76. The lowest BCUT2D eigenvalue weighted by atomic mass is 9.73. The highest BCUT2D eigenvalue weighted by Gasteiger charge is 2.29. The number of H-pyrrole nitrogens is 1. The molecule has 2 aromatic heterocycles. The molecular formula is C28H24FN3O2. The second-order valence-electron chi connectivity index (χ2n) is 8.65. The first-order valence-electron chi connectivity index (χ1n) is 11.3. The van der Waals surface area contributed by atoms with Gasteiger partial charge in [0.15, 0.2) is 0 Å². The Labute approximate surface area is 196 Å². The summed E-state index contributed by atoms with van der Waals surface area (Å²) in [6.07, 6.45) is 7.84. The Morgan fingerprint density at radius 3 is 2.56 bits per heavy atom. The average Bonchev–Trinajstić information content (AvgIpc) is 3.17. The second-order valence-corrected chi connectivity index (χ2v) is 8.65. The highest BCUT2D eigenvalue weighted by molar-refractivity contribution is 6.01. The van der Waals surface area contributed by atoms with Gasteiger partial charge in [0.2, 0.25) is 5.95 Å². The molecule has 0 aliphatic heterocycles. The minimum absolute atomic E-state index is 0.361. The molecule has 0 radical (unpaired) electrons. The fourth-order valence-corrected chi connectivity index (χ4v) is 4.52. The van der Waals surface area contributed by atoms with Crippen LogP contribution in [0.4, 0.5) is 4.39 Å². The van der Waals surface area contributed by atoms with E-state index in [-0.39, 0.29) is 0 Å². The Hall–Kier alpha value is -4.06. The second kappa shape index (κ2) is 9.06. The van der Waals surface area contributed by atoms with Gasteiger partial charge in [-0.1, -0.05) is 42.8 Å². The Morgan fingerprint density at radius 1 is 1.12 bits per heavy atom. The molecule has 1 fully saturated rings. The van der Waals surface area contributed by atoms with Gasteiger partial charge >= 0.3 is 5.97 Å². The van der Waals surface area contributed by atoms with E-state index < -0.39 is 11.9 Å². The first-order chi connectivity index (χ1) is 16.5. The molecule has 0 unspecified atom stereocenters. The van der Waals surface area contributed by atoms with Gasteiger partial charge in [-0.15, -0.1) is 5.10 Å². The number of aliphatic carboxylic acids is 1. The molecule has 1 saturated carbocycles. The van der Waals surface area contributed by atoms with E-state index in [0.717, 1.165) is 52.4 Å². The molecule has 5 rings (SSSR count). The number of nitrogens with zero attached hydrogens (tertiary/aromatic N) is 2. The fraction of sp³-hybridized carbons (Fsp3) is 0.179. The molecule has 0 amide bonds. The van der Waals surface area contributed by atoms with Gasteiger partial charge in [-0.05, 0) is 83.4 Å². The summed E-state index contributed by atoms with van der Waals surface area (Å²) in [4.78, 5) is 15.7. The molecule has 5 nitrogen and oxygen atoms in total. The van der Waals surface area contributed by atoms with Gasteiger partial charge in [0.1, 0.15) is 0 Å². The van der Waals surface area contributed by atoms with Crippen LogP contribution in [0.25, 0.3) is 28.1 Å². The number of pyridine rings is 1. The van der Waals surface area contributed by atoms with Crippen LogP contribution in [0.3, 0.4) is 0 Å². The van der Waals surface area contributed by atoms with Gasteiger partial charge in [-0.2, -0.15) is 4.39 Å². The van der Waals surface area contributed by atoms with Crippen LogP contribution in [0, 0.1) is 18.8 Å². The number of hydrogen-bond acceptors (Lipinski definition) is 3. The summed E-state index contributed by atoms with van der Waals surface area (Å²) in [6.45, 7) is 2.07. The SMILES string of the molecule is Cc1cccnc1/C(=C(\c1ccc(/C=C/C(=O)O)cc1)c1ccc2[nH]nc(F)c2c1)C1CCC1. The highest BCUT2D eigenvalue weighted by atomic mass is 19.1. The summed E-state index contributed by atoms with van der Waals surface area (Å²) in [5.41, 5.74) is 7.55. The minimum Gasteiger partial charge on any atom is -0.478 e. The zero-order valence-corrected chi connectivity index (χ0v) is 18.8. The maximum absolute atomic E-state index is 14.4. The first-order valence-corrected chi connectivity index (χ1v) is 11.3. The lowest BCUT2D eigenvalue weighted by Gasteiger charge is -2.31. The summed E-state index contributed by atoms with van der Waals surface area (Å²) in [7, 11) is 0. The molecule has 0 spiro atoms. The van der Waals surface area contributed by atoms with Gasteiger partial charge in [0, 0.05) is 12.3 Å². The van der Waals surface area contributed by atoms with E-state index >= 15 is 0 Å². The van der Waals surface area contributed by atoms with Crippen LogP contribution in [-0.4, -0.2) is 26.3 Å². The lowest BCUT2D eigenvalue weighted by molar-refractivity contribution is -0.131. The van der Waals surface area contributed by atoms with E-state index in [9.17, 15) is 9.18 Å². The largest absolute Gasteiger partial charge is 0.478 e. The normalized spacial score (nSPS) is 14.9. The number of nitrogens with one attached hydrogen (secondary N) is 1. The number of rotatable bonds is 6. The molecule has 2 N–H and O–H groups in total. The summed E-state index contributed by atoms with van der Waals surface area (Å²) in [5.74, 6) is -1.15. The predicted octanol–water partition coefficient (Wildman–Crippen LogP) is 6.26. The van der Waals surface area contributed by atoms with Gasteiger partial charge < -0.3 is 5.11 Å². The number of hydrogen-bond donors (Lipinski definition) is 2. The van der Waals surface area contributed by atoms with Crippen LogP contribution in [0.2, 0.25) is 0 Å². The molecule has 1 aliphatic carbocycles. The van der Waals surface area contributed by atoms with Crippen molar-refractivity contribution in [3.8, 4) is 0 Å². The maximum Gasteiger partial charge on any atom is 0.328 e. The summed E-state index contributed by atoms with van der Waals surface area (Å²) >= 11 is 0. The van der Waals surface area contributed by atoms with E-state index in [1.807, 2.05) is 54.7 Å². The van der Waals surface area contributed by atoms with E-state index in [4.69, 9.17) is 10.1 Å². The van der Waals surface area contributed by atoms with E-state index in [1.54, 1.807) is 6.08 Å². The third-order valence-electron chi connectivity index (χ3n) is 6.47. The van der Waals surface area contributed by atoms with Crippen LogP contribution >= 0.6 is 0 Å². The van der Waals surface area contributed by atoms with Crippen molar-refractivity contribution in [2.75, 3.05) is 0 Å². The standard InChI is InChI=1S/C28H24FN3O2/c1-17-4-3-15-30-27(17)26(19-5-2-6-19)25(20-10-7-18(8-11-20)9-14-24(33)34)21-12-13-23-22(16-21)28(29)32-31-23/h3-4,7-16,19H,2,5-6H2,1H3,(H,31,32)(H,33,34)/b14-9+,26-25+. The molecule has 0 saturated heterocycles. The first kappa shape index (κ1) is 21.8. The number of allylic oxidation sites excluding steroid dienone is 1. The molecule has 6 heteroatoms. The van der Waals surface area contributed by atoms with Crippen molar-refractivity contribution in [1.82, 2.24) is 15.2 Å². The monoisotopic (exact) mass is 453 g/mol. The van der Waals surface area contributed by atoms with Crippen LogP contribution in [0.15, 0.2) is 66.9 Å². The number of aromatic nitrogens is 3. The molecule has 1 aliphatic rings. The lowest BCUT2D eigenvalue weighted by Crippen LogP contribution is -2.16. The number of aryl methyl sites for hydroxylation is 1. The van der Waals surface area contributed by atoms with Crippen LogP contribution in [0.1, 0.15) is 47.2 Å². The predicted molar refractivity (Wildman–Crippen MR) is 131 cm³/mol. The summed E-state index contributed by atoms with van der Waals surface area (Å²) in [6, 6.07) is 17.5. The fourth-order valence-electron chi connectivity index (χ4n) is 4.52. The maximum atomic E-state index is 14.4. The van der Waals surface area contributed by atoms with E-state index in [2.05, 4.69) is 23.2 Å². The molecule has 170 valence electrons. The Bertz CT molecular complexity index is 1430. The number of carboxylic acids is 1.